The highest BCUT2D eigenvalue weighted by Gasteiger charge is 2.59. The van der Waals surface area contributed by atoms with Crippen LogP contribution in [0.2, 0.25) is 5.02 Å². The van der Waals surface area contributed by atoms with Gasteiger partial charge in [0.25, 0.3) is 0 Å². The summed E-state index contributed by atoms with van der Waals surface area (Å²) in [5, 5.41) is 12.7. The molecule has 5 N–H and O–H groups in total. The fraction of sp³-hybridized carbons (Fsp3) is 0.344. The van der Waals surface area contributed by atoms with E-state index in [-0.39, 0.29) is 57.3 Å². The topological polar surface area (TPSA) is 134 Å². The fourth-order valence-electron chi connectivity index (χ4n) is 5.79. The van der Waals surface area contributed by atoms with E-state index < -0.39 is 35.6 Å². The molecule has 2 fully saturated rings. The number of fused-ring (bicyclic) bond motifs is 2. The van der Waals surface area contributed by atoms with Crippen LogP contribution < -0.4 is 20.9 Å². The van der Waals surface area contributed by atoms with Crippen LogP contribution in [0.5, 0.6) is 11.5 Å². The van der Waals surface area contributed by atoms with Gasteiger partial charge >= 0.3 is 6.18 Å². The molecule has 0 bridgehead atoms. The van der Waals surface area contributed by atoms with Crippen LogP contribution in [0.15, 0.2) is 48.5 Å². The van der Waals surface area contributed by atoms with Crippen LogP contribution in [0.25, 0.3) is 22.2 Å². The van der Waals surface area contributed by atoms with E-state index in [1.165, 1.54) is 18.2 Å². The Labute approximate surface area is 259 Å². The molecule has 3 heterocycles. The predicted molar refractivity (Wildman–Crippen MR) is 156 cm³/mol. The number of carbonyl (C=O) groups is 1. The third-order valence-electron chi connectivity index (χ3n) is 8.66. The number of rotatable bonds is 8. The van der Waals surface area contributed by atoms with Crippen LogP contribution in [0.1, 0.15) is 53.0 Å². The van der Waals surface area contributed by atoms with E-state index in [0.29, 0.717) is 35.2 Å². The highest BCUT2D eigenvalue weighted by molar-refractivity contribution is 6.31. The minimum atomic E-state index is -4.89. The van der Waals surface area contributed by atoms with E-state index in [4.69, 9.17) is 37.5 Å². The Morgan fingerprint density at radius 2 is 1.84 bits per heavy atom. The van der Waals surface area contributed by atoms with Gasteiger partial charge in [0.05, 0.1) is 16.8 Å². The van der Waals surface area contributed by atoms with E-state index in [1.807, 2.05) is 0 Å². The van der Waals surface area contributed by atoms with Crippen molar-refractivity contribution in [3.63, 3.8) is 0 Å². The third-order valence-corrected chi connectivity index (χ3v) is 8.95. The average molecular weight is 643 g/mol. The Kier molecular flexibility index (Phi) is 6.77. The van der Waals surface area contributed by atoms with Crippen LogP contribution in [-0.2, 0) is 17.6 Å². The summed E-state index contributed by atoms with van der Waals surface area (Å²) in [6.07, 6.45) is -2.09. The van der Waals surface area contributed by atoms with Gasteiger partial charge in [-0.25, -0.2) is 14.4 Å². The second-order valence-electron chi connectivity index (χ2n) is 12.0. The summed E-state index contributed by atoms with van der Waals surface area (Å²) in [7, 11) is 0. The normalized spacial score (nSPS) is 20.9. The Hall–Kier alpha value is -4.00. The van der Waals surface area contributed by atoms with Gasteiger partial charge in [-0.1, -0.05) is 17.7 Å². The third kappa shape index (κ3) is 5.14. The molecule has 0 radical (unpaired) electrons. The van der Waals surface area contributed by atoms with Crippen molar-refractivity contribution in [3.05, 3.63) is 81.9 Å². The number of nitrogens with two attached hydrogens (primary N) is 2. The number of hydrogen-bond acceptors (Lipinski definition) is 7. The van der Waals surface area contributed by atoms with Crippen LogP contribution >= 0.6 is 11.6 Å². The van der Waals surface area contributed by atoms with Gasteiger partial charge in [-0.15, -0.1) is 0 Å². The average Bonchev–Trinajstić information content (AvgIpc) is 3.92. The molecular weight excluding hydrogens is 616 g/mol. The molecule has 1 aliphatic heterocycles. The van der Waals surface area contributed by atoms with Gasteiger partial charge < -0.3 is 26.0 Å². The number of aromatic nitrogens is 2. The lowest BCUT2D eigenvalue weighted by Gasteiger charge is -2.31. The number of primary amides is 1. The van der Waals surface area contributed by atoms with Crippen molar-refractivity contribution in [2.45, 2.75) is 55.5 Å². The molecule has 234 valence electrons. The highest BCUT2D eigenvalue weighted by Crippen LogP contribution is 2.53. The maximum absolute atomic E-state index is 14.4. The van der Waals surface area contributed by atoms with Crippen molar-refractivity contribution in [1.82, 2.24) is 9.97 Å². The van der Waals surface area contributed by atoms with Crippen LogP contribution in [0.4, 0.5) is 17.6 Å². The fourth-order valence-corrected chi connectivity index (χ4v) is 5.97. The van der Waals surface area contributed by atoms with Gasteiger partial charge in [0, 0.05) is 34.2 Å². The van der Waals surface area contributed by atoms with E-state index in [2.05, 4.69) is 4.98 Å². The number of halogens is 5. The number of ether oxygens (including phenoxy) is 2. The quantitative estimate of drug-likeness (QED) is 0.211. The SMILES string of the molecule is NC(=O)c1cc(OC2CC2)c2nc(C[C@@](O)(c3cc4c(c(-c5ccc(F)c(Cl)c5)n3)OC[C@@]4(N)C(F)(F)F)C3CC3)ccc2c1. The summed E-state index contributed by atoms with van der Waals surface area (Å²) in [6, 6.07) is 11.3. The number of pyridine rings is 2. The van der Waals surface area contributed by atoms with Gasteiger partial charge in [-0.2, -0.15) is 13.2 Å². The standard InChI is InChI=1S/C32H27ClF4N4O4/c33-22-10-16(2-8-23(22)34)27-28-21(31(39,14-44-28)32(35,36)37)12-25(41-27)30(43,18-3-4-18)13-19-5-1-15-9-17(29(38)42)11-24(26(15)40-19)45-20-6-7-20/h1-2,5,8-12,18,20,43H,3-4,6-7,13-14,39H2,(H2,38,42)/t30-,31-/m0/s1. The maximum Gasteiger partial charge on any atom is 0.414 e. The number of carbonyl (C=O) groups excluding carboxylic acids is 1. The summed E-state index contributed by atoms with van der Waals surface area (Å²) in [6.45, 7) is -0.899. The van der Waals surface area contributed by atoms with Crippen molar-refractivity contribution < 1.29 is 36.9 Å². The van der Waals surface area contributed by atoms with Crippen LogP contribution in [-0.4, -0.2) is 39.9 Å². The molecule has 45 heavy (non-hydrogen) atoms. The number of hydrogen-bond donors (Lipinski definition) is 3. The molecule has 2 aromatic heterocycles. The van der Waals surface area contributed by atoms with Crippen molar-refractivity contribution >= 4 is 28.4 Å². The lowest BCUT2D eigenvalue weighted by Crippen LogP contribution is -2.52. The molecule has 0 saturated heterocycles. The monoisotopic (exact) mass is 642 g/mol. The number of aliphatic hydroxyl groups is 1. The number of alkyl halides is 3. The van der Waals surface area contributed by atoms with Crippen LogP contribution in [0.3, 0.4) is 0 Å². The van der Waals surface area contributed by atoms with Gasteiger partial charge in [0.2, 0.25) is 5.91 Å². The van der Waals surface area contributed by atoms with Crippen molar-refractivity contribution in [1.29, 1.82) is 0 Å². The van der Waals surface area contributed by atoms with Gasteiger partial charge in [-0.05, 0) is 74.1 Å². The minimum Gasteiger partial charge on any atom is -0.488 e. The molecule has 3 aliphatic rings. The lowest BCUT2D eigenvalue weighted by molar-refractivity contribution is -0.191. The Balaban J connectivity index is 1.37. The summed E-state index contributed by atoms with van der Waals surface area (Å²) >= 11 is 6.02. The molecule has 2 aliphatic carbocycles. The molecule has 2 aromatic carbocycles. The molecule has 4 aromatic rings. The smallest absolute Gasteiger partial charge is 0.414 e. The summed E-state index contributed by atoms with van der Waals surface area (Å²) < 4.78 is 68.7. The first-order valence-corrected chi connectivity index (χ1v) is 14.8. The zero-order chi connectivity index (χ0) is 31.9. The van der Waals surface area contributed by atoms with E-state index >= 15 is 0 Å². The Morgan fingerprint density at radius 3 is 2.49 bits per heavy atom. The number of amides is 1. The first-order chi connectivity index (χ1) is 21.3. The van der Waals surface area contributed by atoms with Crippen molar-refractivity contribution in [3.8, 4) is 22.8 Å². The first-order valence-electron chi connectivity index (χ1n) is 14.4. The molecule has 2 atom stereocenters. The van der Waals surface area contributed by atoms with Gasteiger partial charge in [0.1, 0.15) is 35.0 Å². The molecule has 7 rings (SSSR count). The van der Waals surface area contributed by atoms with Crippen molar-refractivity contribution in [2.24, 2.45) is 17.4 Å². The van der Waals surface area contributed by atoms with Gasteiger partial charge in [-0.3, -0.25) is 4.79 Å². The van der Waals surface area contributed by atoms with Crippen LogP contribution in [0, 0.1) is 11.7 Å². The molecule has 0 spiro atoms. The summed E-state index contributed by atoms with van der Waals surface area (Å²) in [4.78, 5) is 21.3. The first kappa shape index (κ1) is 29.7. The number of nitrogens with zero attached hydrogens (tertiary/aromatic N) is 2. The summed E-state index contributed by atoms with van der Waals surface area (Å²) in [5.41, 5.74) is 7.69. The summed E-state index contributed by atoms with van der Waals surface area (Å²) in [5.74, 6) is -1.52. The van der Waals surface area contributed by atoms with E-state index in [9.17, 15) is 27.5 Å². The second-order valence-corrected chi connectivity index (χ2v) is 12.4. The van der Waals surface area contributed by atoms with E-state index in [1.54, 1.807) is 18.2 Å². The van der Waals surface area contributed by atoms with E-state index in [0.717, 1.165) is 25.0 Å². The largest absolute Gasteiger partial charge is 0.488 e. The molecule has 1 amide bonds. The minimum absolute atomic E-state index is 0.00781. The molecule has 2 saturated carbocycles. The number of benzene rings is 2. The molecule has 0 unspecified atom stereocenters. The predicted octanol–water partition coefficient (Wildman–Crippen LogP) is 5.68. The van der Waals surface area contributed by atoms with Gasteiger partial charge in [0.15, 0.2) is 11.3 Å². The maximum atomic E-state index is 14.4. The molecule has 13 heteroatoms. The zero-order valence-corrected chi connectivity index (χ0v) is 24.4. The Morgan fingerprint density at radius 1 is 1.09 bits per heavy atom. The lowest BCUT2D eigenvalue weighted by atomic mass is 9.83. The zero-order valence-electron chi connectivity index (χ0n) is 23.6. The molecular formula is C32H27ClF4N4O4. The Bertz CT molecular complexity index is 1880. The van der Waals surface area contributed by atoms with Crippen molar-refractivity contribution in [2.75, 3.05) is 6.61 Å². The second kappa shape index (κ2) is 10.3. The highest BCUT2D eigenvalue weighted by atomic mass is 35.5. The molecule has 8 nitrogen and oxygen atoms in total.